The number of aryl methyl sites for hydroxylation is 2. The summed E-state index contributed by atoms with van der Waals surface area (Å²) in [7, 11) is 0. The van der Waals surface area contributed by atoms with Crippen molar-refractivity contribution in [1.29, 1.82) is 0 Å². The summed E-state index contributed by atoms with van der Waals surface area (Å²) in [4.78, 5) is 32.1. The first-order chi connectivity index (χ1) is 15.1. The zero-order valence-corrected chi connectivity index (χ0v) is 18.1. The van der Waals surface area contributed by atoms with Crippen LogP contribution in [0, 0.1) is 25.7 Å². The summed E-state index contributed by atoms with van der Waals surface area (Å²) >= 11 is 0. The Balaban J connectivity index is 1.20. The molecule has 2 aliphatic rings. The Bertz CT molecular complexity index is 1070. The van der Waals surface area contributed by atoms with E-state index in [2.05, 4.69) is 39.2 Å². The molecule has 1 amide bonds. The number of amides is 1. The number of aromatic nitrogens is 5. The third-order valence-corrected chi connectivity index (χ3v) is 6.60. The molecule has 0 bridgehead atoms. The van der Waals surface area contributed by atoms with Gasteiger partial charge in [0, 0.05) is 24.7 Å². The van der Waals surface area contributed by atoms with Gasteiger partial charge in [0.05, 0.1) is 24.2 Å². The van der Waals surface area contributed by atoms with Crippen molar-refractivity contribution in [3.05, 3.63) is 53.5 Å². The van der Waals surface area contributed by atoms with E-state index in [0.29, 0.717) is 12.5 Å². The highest BCUT2D eigenvalue weighted by Crippen LogP contribution is 2.36. The summed E-state index contributed by atoms with van der Waals surface area (Å²) in [5, 5.41) is 5.86. The van der Waals surface area contributed by atoms with Crippen LogP contribution in [0.25, 0.3) is 5.65 Å². The van der Waals surface area contributed by atoms with E-state index >= 15 is 0 Å². The fourth-order valence-corrected chi connectivity index (χ4v) is 4.93. The quantitative estimate of drug-likeness (QED) is 0.643. The van der Waals surface area contributed by atoms with Gasteiger partial charge < -0.3 is 0 Å². The van der Waals surface area contributed by atoms with E-state index in [4.69, 9.17) is 4.84 Å². The normalized spacial score (nSPS) is 24.1. The number of carbonyl (C=O) groups excluding carboxylic acids is 1. The van der Waals surface area contributed by atoms with Gasteiger partial charge in [-0.1, -0.05) is 6.07 Å². The van der Waals surface area contributed by atoms with Crippen LogP contribution in [0.2, 0.25) is 0 Å². The highest BCUT2D eigenvalue weighted by Gasteiger charge is 2.38. The Morgan fingerprint density at radius 2 is 1.94 bits per heavy atom. The smallest absolute Gasteiger partial charge is 0.249 e. The standard InChI is InChI=1S/C23H28N6O2/c1-15-9-18(13-28-22(15)26-14-27-28)10-17-3-5-19(6-4-17)23(30)29-21(7-8-31-29)20-12-24-16(2)11-25-20/h9,11-14,17,19,21H,3-8,10H2,1-2H3/t17-,19-,21-/m0/s1. The van der Waals surface area contributed by atoms with Crippen molar-refractivity contribution in [3.8, 4) is 0 Å². The van der Waals surface area contributed by atoms with Gasteiger partial charge in [-0.25, -0.2) is 14.6 Å². The lowest BCUT2D eigenvalue weighted by Crippen LogP contribution is -2.37. The zero-order valence-electron chi connectivity index (χ0n) is 18.1. The molecule has 8 heteroatoms. The van der Waals surface area contributed by atoms with Crippen molar-refractivity contribution < 1.29 is 9.63 Å². The summed E-state index contributed by atoms with van der Waals surface area (Å²) in [6, 6.07) is 2.09. The molecule has 0 N–H and O–H groups in total. The van der Waals surface area contributed by atoms with Crippen LogP contribution in [-0.4, -0.2) is 42.1 Å². The van der Waals surface area contributed by atoms with Crippen LogP contribution in [0.15, 0.2) is 31.0 Å². The first-order valence-electron chi connectivity index (χ1n) is 11.1. The molecule has 1 aliphatic carbocycles. The molecule has 3 aromatic heterocycles. The van der Waals surface area contributed by atoms with Crippen LogP contribution >= 0.6 is 0 Å². The van der Waals surface area contributed by atoms with E-state index in [0.717, 1.165) is 61.1 Å². The molecule has 1 saturated heterocycles. The SMILES string of the molecule is Cc1cnc([C@@H]2CCON2C(=O)[C@H]2CC[C@H](Cc3cc(C)c4ncnn4c3)CC2)cn1. The molecule has 0 spiro atoms. The number of pyridine rings is 1. The van der Waals surface area contributed by atoms with Crippen molar-refractivity contribution in [2.24, 2.45) is 11.8 Å². The summed E-state index contributed by atoms with van der Waals surface area (Å²) < 4.78 is 1.86. The highest BCUT2D eigenvalue weighted by atomic mass is 16.7. The van der Waals surface area contributed by atoms with E-state index in [1.54, 1.807) is 23.8 Å². The molecule has 31 heavy (non-hydrogen) atoms. The van der Waals surface area contributed by atoms with E-state index in [1.807, 2.05) is 11.4 Å². The van der Waals surface area contributed by atoms with Crippen molar-refractivity contribution in [1.82, 2.24) is 29.6 Å². The highest BCUT2D eigenvalue weighted by molar-refractivity contribution is 5.78. The predicted octanol–water partition coefficient (Wildman–Crippen LogP) is 3.39. The Morgan fingerprint density at radius 1 is 1.10 bits per heavy atom. The van der Waals surface area contributed by atoms with Crippen LogP contribution in [0.4, 0.5) is 0 Å². The molecule has 1 saturated carbocycles. The van der Waals surface area contributed by atoms with Gasteiger partial charge in [-0.15, -0.1) is 0 Å². The molecule has 2 fully saturated rings. The molecule has 1 aliphatic heterocycles. The van der Waals surface area contributed by atoms with E-state index in [9.17, 15) is 4.79 Å². The summed E-state index contributed by atoms with van der Waals surface area (Å²) in [6.45, 7) is 4.54. The third kappa shape index (κ3) is 4.04. The Kier molecular flexibility index (Phi) is 5.40. The van der Waals surface area contributed by atoms with Crippen molar-refractivity contribution in [2.45, 2.75) is 58.4 Å². The molecule has 8 nitrogen and oxygen atoms in total. The topological polar surface area (TPSA) is 85.5 Å². The van der Waals surface area contributed by atoms with Crippen LogP contribution in [-0.2, 0) is 16.1 Å². The van der Waals surface area contributed by atoms with Crippen LogP contribution in [0.5, 0.6) is 0 Å². The Morgan fingerprint density at radius 3 is 2.71 bits per heavy atom. The minimum absolute atomic E-state index is 0.0230. The first-order valence-corrected chi connectivity index (χ1v) is 11.1. The van der Waals surface area contributed by atoms with Crippen LogP contribution in [0.3, 0.4) is 0 Å². The van der Waals surface area contributed by atoms with Gasteiger partial charge in [0.2, 0.25) is 5.91 Å². The molecule has 1 atom stereocenters. The number of hydrogen-bond acceptors (Lipinski definition) is 6. The minimum atomic E-state index is -0.129. The maximum atomic E-state index is 13.2. The maximum Gasteiger partial charge on any atom is 0.249 e. The van der Waals surface area contributed by atoms with Gasteiger partial charge in [-0.2, -0.15) is 5.10 Å². The summed E-state index contributed by atoms with van der Waals surface area (Å²) in [5.74, 6) is 0.709. The van der Waals surface area contributed by atoms with Gasteiger partial charge in [0.1, 0.15) is 12.4 Å². The number of hydrogen-bond donors (Lipinski definition) is 0. The van der Waals surface area contributed by atoms with Gasteiger partial charge in [0.15, 0.2) is 5.65 Å². The van der Waals surface area contributed by atoms with Gasteiger partial charge in [0.25, 0.3) is 0 Å². The second-order valence-electron chi connectivity index (χ2n) is 8.87. The monoisotopic (exact) mass is 420 g/mol. The van der Waals surface area contributed by atoms with E-state index < -0.39 is 0 Å². The number of fused-ring (bicyclic) bond motifs is 1. The summed E-state index contributed by atoms with van der Waals surface area (Å²) in [6.07, 6.45) is 12.9. The molecule has 0 aromatic carbocycles. The van der Waals surface area contributed by atoms with Crippen LogP contribution in [0.1, 0.15) is 60.7 Å². The van der Waals surface area contributed by atoms with Gasteiger partial charge >= 0.3 is 0 Å². The van der Waals surface area contributed by atoms with Gasteiger partial charge in [-0.3, -0.25) is 19.6 Å². The number of nitrogens with zero attached hydrogens (tertiary/aromatic N) is 6. The first kappa shape index (κ1) is 20.1. The fourth-order valence-electron chi connectivity index (χ4n) is 4.93. The molecule has 5 rings (SSSR count). The molecule has 162 valence electrons. The lowest BCUT2D eigenvalue weighted by atomic mass is 9.79. The number of hydroxylamine groups is 2. The molecular weight excluding hydrogens is 392 g/mol. The van der Waals surface area contributed by atoms with Gasteiger partial charge in [-0.05, 0) is 63.0 Å². The fraction of sp³-hybridized carbons (Fsp3) is 0.522. The van der Waals surface area contributed by atoms with Crippen molar-refractivity contribution in [3.63, 3.8) is 0 Å². The van der Waals surface area contributed by atoms with Crippen LogP contribution < -0.4 is 0 Å². The number of rotatable bonds is 4. The van der Waals surface area contributed by atoms with E-state index in [-0.39, 0.29) is 17.9 Å². The maximum absolute atomic E-state index is 13.2. The lowest BCUT2D eigenvalue weighted by molar-refractivity contribution is -0.183. The number of carbonyl (C=O) groups is 1. The second-order valence-corrected chi connectivity index (χ2v) is 8.87. The molecule has 3 aromatic rings. The Labute approximate surface area is 181 Å². The second kappa shape index (κ2) is 8.34. The Hall–Kier alpha value is -2.87. The lowest BCUT2D eigenvalue weighted by Gasteiger charge is -2.31. The average Bonchev–Trinajstić information content (AvgIpc) is 3.44. The van der Waals surface area contributed by atoms with E-state index in [1.165, 1.54) is 5.56 Å². The predicted molar refractivity (Wildman–Crippen MR) is 114 cm³/mol. The molecule has 4 heterocycles. The third-order valence-electron chi connectivity index (χ3n) is 6.60. The molecular formula is C23H28N6O2. The van der Waals surface area contributed by atoms with Crippen molar-refractivity contribution in [2.75, 3.05) is 6.61 Å². The van der Waals surface area contributed by atoms with Crippen molar-refractivity contribution >= 4 is 11.6 Å². The zero-order chi connectivity index (χ0) is 21.4. The minimum Gasteiger partial charge on any atom is -0.272 e. The average molecular weight is 421 g/mol. The molecule has 0 unspecified atom stereocenters. The largest absolute Gasteiger partial charge is 0.272 e. The molecule has 0 radical (unpaired) electrons. The summed E-state index contributed by atoms with van der Waals surface area (Å²) in [5.41, 5.74) is 5.03.